The number of hydrogen-bond donors (Lipinski definition) is 3. The van der Waals surface area contributed by atoms with Crippen LogP contribution in [-0.4, -0.2) is 65.7 Å². The molecule has 3 N–H and O–H groups in total. The molecule has 0 spiro atoms. The summed E-state index contributed by atoms with van der Waals surface area (Å²) in [6, 6.07) is 0. The maximum absolute atomic E-state index is 12.5. The molecule has 3 atom stereocenters. The van der Waals surface area contributed by atoms with Crippen LogP contribution in [-0.2, 0) is 32.7 Å². The fourth-order valence-corrected chi connectivity index (χ4v) is 5.94. The molecular weight excluding hydrogens is 635 g/mol. The lowest BCUT2D eigenvalue weighted by Crippen LogP contribution is -2.29. The smallest absolute Gasteiger partial charge is 0.462 e. The highest BCUT2D eigenvalue weighted by Crippen LogP contribution is 2.43. The number of aliphatic hydroxyl groups excluding tert-OH is 2. The van der Waals surface area contributed by atoms with Crippen molar-refractivity contribution >= 4 is 19.8 Å². The van der Waals surface area contributed by atoms with Crippen molar-refractivity contribution < 1.29 is 47.8 Å². The van der Waals surface area contributed by atoms with Gasteiger partial charge < -0.3 is 24.6 Å². The average molecular weight is 707 g/mol. The molecule has 0 saturated heterocycles. The van der Waals surface area contributed by atoms with Crippen LogP contribution in [0.25, 0.3) is 0 Å². The van der Waals surface area contributed by atoms with E-state index in [0.717, 1.165) is 38.5 Å². The monoisotopic (exact) mass is 706 g/mol. The Balaban J connectivity index is 4.31. The second-order valence-corrected chi connectivity index (χ2v) is 14.4. The lowest BCUT2D eigenvalue weighted by atomic mass is 10.1. The van der Waals surface area contributed by atoms with Crippen LogP contribution in [0, 0.1) is 0 Å². The minimum absolute atomic E-state index is 0.188. The van der Waals surface area contributed by atoms with Crippen LogP contribution in [0.3, 0.4) is 0 Å². The molecule has 10 nitrogen and oxygen atoms in total. The number of unbranched alkanes of at least 4 members (excludes halogenated alkanes) is 20. The molecule has 0 radical (unpaired) electrons. The molecule has 0 heterocycles. The zero-order chi connectivity index (χ0) is 35.6. The SMILES string of the molecule is CCCC/C=C/CCCCCCCCCCCC(=O)OC[C@@H](COP(=O)(O)OC[C@H](O)CO)OC(=O)CCCCCCCCCCCC. The molecular formula is C37H71O10P. The summed E-state index contributed by atoms with van der Waals surface area (Å²) < 4.78 is 32.5. The quantitative estimate of drug-likeness (QED) is 0.0249. The Kier molecular flexibility index (Phi) is 33.3. The summed E-state index contributed by atoms with van der Waals surface area (Å²) in [4.78, 5) is 34.8. The van der Waals surface area contributed by atoms with Gasteiger partial charge in [0, 0.05) is 12.8 Å². The minimum Gasteiger partial charge on any atom is -0.462 e. The maximum Gasteiger partial charge on any atom is 0.472 e. The lowest BCUT2D eigenvalue weighted by Gasteiger charge is -2.20. The summed E-state index contributed by atoms with van der Waals surface area (Å²) in [5.41, 5.74) is 0. The summed E-state index contributed by atoms with van der Waals surface area (Å²) in [5.74, 6) is -0.924. The van der Waals surface area contributed by atoms with Gasteiger partial charge in [0.05, 0.1) is 19.8 Å². The molecule has 0 aliphatic rings. The van der Waals surface area contributed by atoms with Crippen LogP contribution in [0.2, 0.25) is 0 Å². The van der Waals surface area contributed by atoms with Crippen LogP contribution in [0.5, 0.6) is 0 Å². The van der Waals surface area contributed by atoms with E-state index in [9.17, 15) is 24.2 Å². The van der Waals surface area contributed by atoms with E-state index in [1.165, 1.54) is 96.3 Å². The fraction of sp³-hybridized carbons (Fsp3) is 0.892. The van der Waals surface area contributed by atoms with Crippen LogP contribution < -0.4 is 0 Å². The van der Waals surface area contributed by atoms with E-state index in [2.05, 4.69) is 30.5 Å². The highest BCUT2D eigenvalue weighted by molar-refractivity contribution is 7.47. The van der Waals surface area contributed by atoms with Gasteiger partial charge in [-0.3, -0.25) is 18.6 Å². The number of phosphoric acid groups is 1. The Morgan fingerprint density at radius 3 is 1.56 bits per heavy atom. The van der Waals surface area contributed by atoms with Crippen molar-refractivity contribution in [2.45, 2.75) is 187 Å². The first-order valence-electron chi connectivity index (χ1n) is 19.1. The molecule has 0 amide bonds. The number of phosphoric ester groups is 1. The predicted octanol–water partition coefficient (Wildman–Crippen LogP) is 9.28. The fourth-order valence-electron chi connectivity index (χ4n) is 5.15. The summed E-state index contributed by atoms with van der Waals surface area (Å²) in [7, 11) is -4.60. The Morgan fingerprint density at radius 1 is 0.604 bits per heavy atom. The van der Waals surface area contributed by atoms with Crippen molar-refractivity contribution in [1.82, 2.24) is 0 Å². The molecule has 284 valence electrons. The first-order valence-corrected chi connectivity index (χ1v) is 20.6. The van der Waals surface area contributed by atoms with Gasteiger partial charge >= 0.3 is 19.8 Å². The van der Waals surface area contributed by atoms with Gasteiger partial charge in [0.1, 0.15) is 12.7 Å². The van der Waals surface area contributed by atoms with E-state index in [1.54, 1.807) is 0 Å². The van der Waals surface area contributed by atoms with Gasteiger partial charge in [-0.15, -0.1) is 0 Å². The molecule has 0 aliphatic heterocycles. The van der Waals surface area contributed by atoms with E-state index in [-0.39, 0.29) is 19.4 Å². The molecule has 11 heteroatoms. The van der Waals surface area contributed by atoms with Gasteiger partial charge in [0.15, 0.2) is 6.10 Å². The molecule has 0 saturated carbocycles. The van der Waals surface area contributed by atoms with Crippen molar-refractivity contribution in [3.63, 3.8) is 0 Å². The van der Waals surface area contributed by atoms with Crippen molar-refractivity contribution in [3.05, 3.63) is 12.2 Å². The van der Waals surface area contributed by atoms with Crippen molar-refractivity contribution in [3.8, 4) is 0 Å². The lowest BCUT2D eigenvalue weighted by molar-refractivity contribution is -0.161. The first-order chi connectivity index (χ1) is 23.2. The summed E-state index contributed by atoms with van der Waals surface area (Å²) in [6.07, 6.45) is 29.0. The number of esters is 2. The van der Waals surface area contributed by atoms with Crippen molar-refractivity contribution in [1.29, 1.82) is 0 Å². The topological polar surface area (TPSA) is 149 Å². The minimum atomic E-state index is -4.60. The van der Waals surface area contributed by atoms with Crippen LogP contribution in [0.1, 0.15) is 174 Å². The van der Waals surface area contributed by atoms with Gasteiger partial charge in [-0.1, -0.05) is 142 Å². The van der Waals surface area contributed by atoms with Gasteiger partial charge in [-0.2, -0.15) is 0 Å². The third-order valence-corrected chi connectivity index (χ3v) is 9.12. The Morgan fingerprint density at radius 2 is 1.04 bits per heavy atom. The van der Waals surface area contributed by atoms with E-state index >= 15 is 0 Å². The molecule has 0 aliphatic carbocycles. The normalized spacial score (nSPS) is 14.2. The number of carbonyl (C=O) groups excluding carboxylic acids is 2. The van der Waals surface area contributed by atoms with Crippen molar-refractivity contribution in [2.75, 3.05) is 26.4 Å². The number of ether oxygens (including phenoxy) is 2. The zero-order valence-corrected chi connectivity index (χ0v) is 31.4. The Labute approximate surface area is 292 Å². The largest absolute Gasteiger partial charge is 0.472 e. The second-order valence-electron chi connectivity index (χ2n) is 13.0. The second kappa shape index (κ2) is 34.2. The highest BCUT2D eigenvalue weighted by Gasteiger charge is 2.27. The molecule has 48 heavy (non-hydrogen) atoms. The molecule has 0 rings (SSSR count). The molecule has 0 bridgehead atoms. The predicted molar refractivity (Wildman–Crippen MR) is 192 cm³/mol. The molecule has 1 unspecified atom stereocenters. The molecule has 0 aromatic carbocycles. The summed E-state index contributed by atoms with van der Waals surface area (Å²) in [6.45, 7) is 2.33. The van der Waals surface area contributed by atoms with Crippen molar-refractivity contribution in [2.24, 2.45) is 0 Å². The number of aliphatic hydroxyl groups is 2. The average Bonchev–Trinajstić information content (AvgIpc) is 3.07. The standard InChI is InChI=1S/C37H71O10P/c1-3-5-7-9-11-13-15-16-17-18-19-21-22-24-26-28-36(40)44-32-35(33-46-48(42,43)45-31-34(39)30-38)47-37(41)29-27-25-23-20-14-12-10-8-6-4-2/h9,11,34-35,38-39H,3-8,10,12-33H2,1-2H3,(H,42,43)/b11-9+/t34-,35+/m1/s1. The third kappa shape index (κ3) is 33.2. The van der Waals surface area contributed by atoms with Gasteiger partial charge in [0.2, 0.25) is 0 Å². The number of carbonyl (C=O) groups is 2. The maximum atomic E-state index is 12.5. The van der Waals surface area contributed by atoms with E-state index in [4.69, 9.17) is 19.1 Å². The van der Waals surface area contributed by atoms with Gasteiger partial charge in [0.25, 0.3) is 0 Å². The third-order valence-electron chi connectivity index (χ3n) is 8.17. The van der Waals surface area contributed by atoms with Crippen LogP contribution in [0.4, 0.5) is 0 Å². The number of hydrogen-bond acceptors (Lipinski definition) is 9. The number of rotatable bonds is 36. The first kappa shape index (κ1) is 46.7. The molecule has 0 fully saturated rings. The molecule has 0 aromatic heterocycles. The van der Waals surface area contributed by atoms with Gasteiger partial charge in [-0.25, -0.2) is 4.57 Å². The van der Waals surface area contributed by atoms with E-state index < -0.39 is 51.8 Å². The van der Waals surface area contributed by atoms with Crippen LogP contribution >= 0.6 is 7.82 Å². The van der Waals surface area contributed by atoms with Crippen LogP contribution in [0.15, 0.2) is 12.2 Å². The van der Waals surface area contributed by atoms with E-state index in [1.807, 2.05) is 0 Å². The molecule has 0 aromatic rings. The van der Waals surface area contributed by atoms with E-state index in [0.29, 0.717) is 12.8 Å². The zero-order valence-electron chi connectivity index (χ0n) is 30.5. The summed E-state index contributed by atoms with van der Waals surface area (Å²) in [5, 5.41) is 18.2. The number of allylic oxidation sites excluding steroid dienone is 2. The van der Waals surface area contributed by atoms with Gasteiger partial charge in [-0.05, 0) is 32.1 Å². The Hall–Kier alpha value is -1.29. The summed E-state index contributed by atoms with van der Waals surface area (Å²) >= 11 is 0. The Bertz CT molecular complexity index is 822. The highest BCUT2D eigenvalue weighted by atomic mass is 31.2.